The van der Waals surface area contributed by atoms with Crippen molar-refractivity contribution in [3.05, 3.63) is 65.2 Å². The van der Waals surface area contributed by atoms with Crippen LogP contribution in [0.2, 0.25) is 5.02 Å². The predicted octanol–water partition coefficient (Wildman–Crippen LogP) is 4.47. The third-order valence-electron chi connectivity index (χ3n) is 4.29. The molecular formula is C19H19ClN2O2. The van der Waals surface area contributed by atoms with Gasteiger partial charge in [-0.15, -0.1) is 0 Å². The van der Waals surface area contributed by atoms with Crippen molar-refractivity contribution in [3.63, 3.8) is 0 Å². The van der Waals surface area contributed by atoms with E-state index in [1.54, 1.807) is 29.2 Å². The third-order valence-corrected chi connectivity index (χ3v) is 4.52. The van der Waals surface area contributed by atoms with Crippen molar-refractivity contribution in [2.24, 2.45) is 5.92 Å². The number of nitrogens with one attached hydrogen (secondary N) is 1. The van der Waals surface area contributed by atoms with Crippen molar-refractivity contribution in [1.29, 1.82) is 0 Å². The molecular weight excluding hydrogens is 324 g/mol. The van der Waals surface area contributed by atoms with E-state index in [1.807, 2.05) is 30.3 Å². The first-order valence-corrected chi connectivity index (χ1v) is 8.42. The molecule has 2 amide bonds. The van der Waals surface area contributed by atoms with Crippen LogP contribution in [0.15, 0.2) is 54.6 Å². The molecule has 124 valence electrons. The van der Waals surface area contributed by atoms with Gasteiger partial charge in [0.05, 0.1) is 0 Å². The summed E-state index contributed by atoms with van der Waals surface area (Å²) in [5, 5.41) is 3.43. The van der Waals surface area contributed by atoms with Crippen molar-refractivity contribution in [2.75, 3.05) is 18.4 Å². The molecule has 5 heteroatoms. The Morgan fingerprint density at radius 3 is 2.38 bits per heavy atom. The van der Waals surface area contributed by atoms with Gasteiger partial charge in [0.2, 0.25) is 0 Å². The second-order valence-corrected chi connectivity index (χ2v) is 6.37. The Balaban J connectivity index is 1.55. The van der Waals surface area contributed by atoms with Gasteiger partial charge in [-0.1, -0.05) is 48.0 Å². The largest absolute Gasteiger partial charge is 0.324 e. The summed E-state index contributed by atoms with van der Waals surface area (Å²) in [6.45, 7) is 1.16. The fourth-order valence-corrected chi connectivity index (χ4v) is 3.14. The number of anilines is 1. The van der Waals surface area contributed by atoms with E-state index in [9.17, 15) is 9.59 Å². The molecule has 1 N–H and O–H groups in total. The van der Waals surface area contributed by atoms with Crippen LogP contribution in [0.25, 0.3) is 0 Å². The normalized spacial score (nSPS) is 15.1. The van der Waals surface area contributed by atoms with Gasteiger partial charge < -0.3 is 10.2 Å². The van der Waals surface area contributed by atoms with Crippen LogP contribution in [0.5, 0.6) is 0 Å². The average Bonchev–Trinajstić information content (AvgIpc) is 2.62. The van der Waals surface area contributed by atoms with Crippen molar-refractivity contribution < 1.29 is 9.59 Å². The van der Waals surface area contributed by atoms with Crippen molar-refractivity contribution in [1.82, 2.24) is 4.90 Å². The summed E-state index contributed by atoms with van der Waals surface area (Å²) in [6.07, 6.45) is 1.38. The molecule has 0 unspecified atom stereocenters. The molecule has 1 heterocycles. The van der Waals surface area contributed by atoms with Gasteiger partial charge in [-0.25, -0.2) is 4.79 Å². The first-order valence-electron chi connectivity index (χ1n) is 8.04. The van der Waals surface area contributed by atoms with Gasteiger partial charge in [0.1, 0.15) is 0 Å². The maximum absolute atomic E-state index is 12.5. The minimum atomic E-state index is -0.150. The number of hydrogen-bond donors (Lipinski definition) is 1. The number of rotatable bonds is 3. The summed E-state index contributed by atoms with van der Waals surface area (Å²) in [4.78, 5) is 26.5. The van der Waals surface area contributed by atoms with Crippen LogP contribution in [0.3, 0.4) is 0 Å². The Labute approximate surface area is 146 Å². The zero-order valence-electron chi connectivity index (χ0n) is 13.2. The van der Waals surface area contributed by atoms with E-state index in [2.05, 4.69) is 5.32 Å². The number of nitrogens with zero attached hydrogens (tertiary/aromatic N) is 1. The molecule has 0 spiro atoms. The minimum Gasteiger partial charge on any atom is -0.324 e. The number of benzene rings is 2. The first kappa shape index (κ1) is 16.5. The van der Waals surface area contributed by atoms with Crippen LogP contribution < -0.4 is 5.32 Å². The van der Waals surface area contributed by atoms with Crippen LogP contribution in [0.4, 0.5) is 10.5 Å². The molecule has 0 radical (unpaired) electrons. The van der Waals surface area contributed by atoms with E-state index in [4.69, 9.17) is 11.6 Å². The van der Waals surface area contributed by atoms with Gasteiger partial charge >= 0.3 is 6.03 Å². The highest BCUT2D eigenvalue weighted by atomic mass is 35.5. The number of piperidine rings is 1. The number of Topliss-reactive ketones (excluding diaryl/α,β-unsaturated/α-hetero) is 1. The summed E-state index contributed by atoms with van der Waals surface area (Å²) in [6, 6.07) is 16.3. The number of carbonyl (C=O) groups excluding carboxylic acids is 2. The molecule has 1 aliphatic rings. The first-order chi connectivity index (χ1) is 11.6. The molecule has 24 heavy (non-hydrogen) atoms. The van der Waals surface area contributed by atoms with Gasteiger partial charge in [-0.2, -0.15) is 0 Å². The number of carbonyl (C=O) groups is 2. The maximum Gasteiger partial charge on any atom is 0.321 e. The second-order valence-electron chi connectivity index (χ2n) is 5.93. The fourth-order valence-electron chi connectivity index (χ4n) is 2.95. The molecule has 2 aromatic carbocycles. The van der Waals surface area contributed by atoms with Crippen LogP contribution in [-0.4, -0.2) is 29.8 Å². The predicted molar refractivity (Wildman–Crippen MR) is 95.5 cm³/mol. The topological polar surface area (TPSA) is 49.4 Å². The second kappa shape index (κ2) is 7.49. The molecule has 0 bridgehead atoms. The zero-order chi connectivity index (χ0) is 16.9. The molecule has 1 aliphatic heterocycles. The molecule has 0 saturated carbocycles. The SMILES string of the molecule is O=C(c1ccccc1)C1CCN(C(=O)Nc2cccc(Cl)c2)CC1. The van der Waals surface area contributed by atoms with E-state index in [0.29, 0.717) is 36.6 Å². The van der Waals surface area contributed by atoms with Gasteiger partial charge in [-0.05, 0) is 31.0 Å². The Bertz CT molecular complexity index is 725. The van der Waals surface area contributed by atoms with Gasteiger partial charge in [-0.3, -0.25) is 4.79 Å². The highest BCUT2D eigenvalue weighted by Crippen LogP contribution is 2.23. The number of urea groups is 1. The molecule has 0 atom stereocenters. The Hall–Kier alpha value is -2.33. The lowest BCUT2D eigenvalue weighted by Gasteiger charge is -2.31. The van der Waals surface area contributed by atoms with Crippen molar-refractivity contribution in [2.45, 2.75) is 12.8 Å². The van der Waals surface area contributed by atoms with E-state index in [0.717, 1.165) is 5.56 Å². The lowest BCUT2D eigenvalue weighted by Crippen LogP contribution is -2.42. The summed E-state index contributed by atoms with van der Waals surface area (Å²) >= 11 is 5.92. The Morgan fingerprint density at radius 1 is 1.00 bits per heavy atom. The number of ketones is 1. The van der Waals surface area contributed by atoms with Gasteiger partial charge in [0, 0.05) is 35.3 Å². The van der Waals surface area contributed by atoms with E-state index in [-0.39, 0.29) is 17.7 Å². The number of likely N-dealkylation sites (tertiary alicyclic amines) is 1. The Morgan fingerprint density at radius 2 is 1.71 bits per heavy atom. The summed E-state index contributed by atoms with van der Waals surface area (Å²) < 4.78 is 0. The standard InChI is InChI=1S/C19H19ClN2O2/c20-16-7-4-8-17(13-16)21-19(24)22-11-9-15(10-12-22)18(23)14-5-2-1-3-6-14/h1-8,13,15H,9-12H2,(H,21,24). The summed E-state index contributed by atoms with van der Waals surface area (Å²) in [7, 11) is 0. The summed E-state index contributed by atoms with van der Waals surface area (Å²) in [5.74, 6) is 0.160. The molecule has 1 fully saturated rings. The molecule has 3 rings (SSSR count). The molecule has 1 saturated heterocycles. The van der Waals surface area contributed by atoms with E-state index in [1.165, 1.54) is 0 Å². The third kappa shape index (κ3) is 3.95. The molecule has 2 aromatic rings. The smallest absolute Gasteiger partial charge is 0.321 e. The highest BCUT2D eigenvalue weighted by Gasteiger charge is 2.27. The minimum absolute atomic E-state index is 0.0115. The van der Waals surface area contributed by atoms with Crippen LogP contribution in [0, 0.1) is 5.92 Å². The molecule has 0 aliphatic carbocycles. The van der Waals surface area contributed by atoms with Crippen LogP contribution in [-0.2, 0) is 0 Å². The quantitative estimate of drug-likeness (QED) is 0.837. The highest BCUT2D eigenvalue weighted by molar-refractivity contribution is 6.30. The summed E-state index contributed by atoms with van der Waals surface area (Å²) in [5.41, 5.74) is 1.43. The maximum atomic E-state index is 12.5. The fraction of sp³-hybridized carbons (Fsp3) is 0.263. The van der Waals surface area contributed by atoms with Gasteiger partial charge in [0.15, 0.2) is 5.78 Å². The van der Waals surface area contributed by atoms with E-state index >= 15 is 0 Å². The number of hydrogen-bond acceptors (Lipinski definition) is 2. The number of halogens is 1. The van der Waals surface area contributed by atoms with Crippen LogP contribution >= 0.6 is 11.6 Å². The average molecular weight is 343 g/mol. The van der Waals surface area contributed by atoms with Gasteiger partial charge in [0.25, 0.3) is 0 Å². The zero-order valence-corrected chi connectivity index (χ0v) is 14.0. The lowest BCUT2D eigenvalue weighted by atomic mass is 9.89. The van der Waals surface area contributed by atoms with Crippen molar-refractivity contribution >= 4 is 29.1 Å². The number of amides is 2. The monoisotopic (exact) mass is 342 g/mol. The molecule has 4 nitrogen and oxygen atoms in total. The molecule has 0 aromatic heterocycles. The van der Waals surface area contributed by atoms with Crippen LogP contribution in [0.1, 0.15) is 23.2 Å². The van der Waals surface area contributed by atoms with E-state index < -0.39 is 0 Å². The Kier molecular flexibility index (Phi) is 5.16. The lowest BCUT2D eigenvalue weighted by molar-refractivity contribution is 0.0859. The van der Waals surface area contributed by atoms with Crippen molar-refractivity contribution in [3.8, 4) is 0 Å².